The van der Waals surface area contributed by atoms with Gasteiger partial charge in [0.15, 0.2) is 5.82 Å². The van der Waals surface area contributed by atoms with Crippen LogP contribution < -0.4 is 0 Å². The SMILES string of the molecule is Cc1ccc2c(c1)c1cc(C)ccc1n2-c1ccc(-c2nc(C)nc(C)n2)cc1-c1ccc(-c2cccc(C(F)(F)F)c2)cc1-n1c2ccc(C)cc2c2cc(C)ccc21. The van der Waals surface area contributed by atoms with Crippen molar-refractivity contribution in [3.63, 3.8) is 0 Å². The highest BCUT2D eigenvalue weighted by atomic mass is 19.4. The van der Waals surface area contributed by atoms with Crippen LogP contribution in [0, 0.1) is 41.5 Å². The highest BCUT2D eigenvalue weighted by Crippen LogP contribution is 2.44. The van der Waals surface area contributed by atoms with Crippen LogP contribution in [-0.4, -0.2) is 24.1 Å². The first-order chi connectivity index (χ1) is 28.8. The lowest BCUT2D eigenvalue weighted by Gasteiger charge is -2.21. The molecule has 10 aromatic rings. The van der Waals surface area contributed by atoms with Gasteiger partial charge in [-0.2, -0.15) is 13.2 Å². The van der Waals surface area contributed by atoms with E-state index in [2.05, 4.69) is 139 Å². The summed E-state index contributed by atoms with van der Waals surface area (Å²) in [6, 6.07) is 44.0. The molecule has 0 bridgehead atoms. The van der Waals surface area contributed by atoms with Crippen LogP contribution in [-0.2, 0) is 6.18 Å². The van der Waals surface area contributed by atoms with E-state index in [1.807, 2.05) is 26.0 Å². The van der Waals surface area contributed by atoms with Gasteiger partial charge in [0, 0.05) is 38.2 Å². The van der Waals surface area contributed by atoms with Crippen molar-refractivity contribution in [1.29, 1.82) is 0 Å². The van der Waals surface area contributed by atoms with Crippen LogP contribution in [0.3, 0.4) is 0 Å². The summed E-state index contributed by atoms with van der Waals surface area (Å²) in [7, 11) is 0. The normalized spacial score (nSPS) is 12.1. The number of rotatable bonds is 5. The van der Waals surface area contributed by atoms with E-state index in [-0.39, 0.29) is 0 Å². The van der Waals surface area contributed by atoms with E-state index < -0.39 is 11.7 Å². The molecule has 0 saturated heterocycles. The Morgan fingerprint density at radius 1 is 0.400 bits per heavy atom. The minimum Gasteiger partial charge on any atom is -0.309 e. The van der Waals surface area contributed by atoms with Gasteiger partial charge >= 0.3 is 6.18 Å². The van der Waals surface area contributed by atoms with Gasteiger partial charge in [0.25, 0.3) is 0 Å². The maximum atomic E-state index is 14.1. The zero-order chi connectivity index (χ0) is 41.6. The predicted octanol–water partition coefficient (Wildman–Crippen LogP) is 13.9. The molecule has 0 radical (unpaired) electrons. The predicted molar refractivity (Wildman–Crippen MR) is 238 cm³/mol. The number of hydrogen-bond acceptors (Lipinski definition) is 3. The standard InChI is InChI=1S/C52H40F3N5/c1-29-10-17-45-40(22-29)41-23-30(2)11-18-46(41)59(45)49-21-15-37(51-57-33(5)56-34(6)58-51)27-44(49)39-16-14-36(35-8-7-9-38(26-35)52(53,54)55)28-50(39)60-47-19-12-31(3)24-42(47)43-25-32(4)13-20-48(43)60/h7-28H,1-6H3. The van der Waals surface area contributed by atoms with Gasteiger partial charge in [-0.05, 0) is 138 Å². The Labute approximate surface area is 345 Å². The third-order valence-electron chi connectivity index (χ3n) is 11.6. The summed E-state index contributed by atoms with van der Waals surface area (Å²) in [5, 5.41) is 4.51. The zero-order valence-corrected chi connectivity index (χ0v) is 34.1. The Kier molecular flexibility index (Phi) is 8.54. The van der Waals surface area contributed by atoms with Gasteiger partial charge < -0.3 is 9.13 Å². The maximum Gasteiger partial charge on any atom is 0.416 e. The van der Waals surface area contributed by atoms with E-state index in [1.165, 1.54) is 23.3 Å². The molecule has 0 fully saturated rings. The zero-order valence-electron chi connectivity index (χ0n) is 34.1. The van der Waals surface area contributed by atoms with Crippen molar-refractivity contribution in [2.45, 2.75) is 47.7 Å². The van der Waals surface area contributed by atoms with E-state index in [9.17, 15) is 13.2 Å². The van der Waals surface area contributed by atoms with Crippen molar-refractivity contribution in [3.05, 3.63) is 173 Å². The molecule has 10 rings (SSSR count). The fourth-order valence-electron chi connectivity index (χ4n) is 8.85. The Morgan fingerprint density at radius 2 is 0.867 bits per heavy atom. The van der Waals surface area contributed by atoms with E-state index in [0.717, 1.165) is 88.9 Å². The van der Waals surface area contributed by atoms with E-state index in [0.29, 0.717) is 28.6 Å². The average molecular weight is 792 g/mol. The largest absolute Gasteiger partial charge is 0.416 e. The van der Waals surface area contributed by atoms with Gasteiger partial charge in [0.1, 0.15) is 11.6 Å². The highest BCUT2D eigenvalue weighted by molar-refractivity contribution is 6.12. The number of halogens is 3. The molecular formula is C52H40F3N5. The van der Waals surface area contributed by atoms with E-state index in [4.69, 9.17) is 9.97 Å². The fourth-order valence-corrected chi connectivity index (χ4v) is 8.85. The Bertz CT molecular complexity index is 3250. The van der Waals surface area contributed by atoms with Crippen molar-refractivity contribution in [1.82, 2.24) is 24.1 Å². The van der Waals surface area contributed by atoms with Crippen molar-refractivity contribution in [2.24, 2.45) is 0 Å². The fraction of sp³-hybridized carbons (Fsp3) is 0.135. The molecule has 5 nitrogen and oxygen atoms in total. The smallest absolute Gasteiger partial charge is 0.309 e. The van der Waals surface area contributed by atoms with E-state index >= 15 is 0 Å². The maximum absolute atomic E-state index is 14.1. The lowest BCUT2D eigenvalue weighted by molar-refractivity contribution is -0.137. The molecule has 0 amide bonds. The van der Waals surface area contributed by atoms with E-state index in [1.54, 1.807) is 6.07 Å². The van der Waals surface area contributed by atoms with Crippen LogP contribution in [0.25, 0.3) is 88.6 Å². The summed E-state index contributed by atoms with van der Waals surface area (Å²) >= 11 is 0. The van der Waals surface area contributed by atoms with Crippen LogP contribution >= 0.6 is 0 Å². The van der Waals surface area contributed by atoms with Gasteiger partial charge in [-0.25, -0.2) is 15.0 Å². The van der Waals surface area contributed by atoms with Crippen molar-refractivity contribution in [2.75, 3.05) is 0 Å². The van der Waals surface area contributed by atoms with Gasteiger partial charge in [-0.1, -0.05) is 70.8 Å². The first-order valence-corrected chi connectivity index (χ1v) is 20.0. The summed E-state index contributed by atoms with van der Waals surface area (Å²) in [4.78, 5) is 14.0. The second-order valence-electron chi connectivity index (χ2n) is 16.0. The van der Waals surface area contributed by atoms with Crippen LogP contribution in [0.4, 0.5) is 13.2 Å². The second kappa shape index (κ2) is 13.8. The van der Waals surface area contributed by atoms with Crippen molar-refractivity contribution < 1.29 is 13.2 Å². The van der Waals surface area contributed by atoms with Crippen molar-refractivity contribution in [3.8, 4) is 45.0 Å². The number of aromatic nitrogens is 5. The molecule has 0 unspecified atom stereocenters. The van der Waals surface area contributed by atoms with Crippen LogP contribution in [0.15, 0.2) is 133 Å². The minimum atomic E-state index is -4.48. The molecule has 0 N–H and O–H groups in total. The van der Waals surface area contributed by atoms with Crippen molar-refractivity contribution >= 4 is 43.6 Å². The minimum absolute atomic E-state index is 0.475. The molecule has 294 valence electrons. The third-order valence-corrected chi connectivity index (χ3v) is 11.6. The summed E-state index contributed by atoms with van der Waals surface area (Å²) in [5.74, 6) is 1.81. The molecule has 60 heavy (non-hydrogen) atoms. The number of benzene rings is 7. The number of alkyl halides is 3. The summed E-state index contributed by atoms with van der Waals surface area (Å²) in [6.07, 6.45) is -4.48. The highest BCUT2D eigenvalue weighted by Gasteiger charge is 2.31. The monoisotopic (exact) mass is 791 g/mol. The molecule has 0 aliphatic carbocycles. The number of fused-ring (bicyclic) bond motifs is 6. The first kappa shape index (κ1) is 37.2. The second-order valence-corrected chi connectivity index (χ2v) is 16.0. The van der Waals surface area contributed by atoms with Gasteiger partial charge in [-0.15, -0.1) is 0 Å². The van der Waals surface area contributed by atoms with Crippen LogP contribution in [0.1, 0.15) is 39.5 Å². The average Bonchev–Trinajstić information content (AvgIpc) is 3.70. The lowest BCUT2D eigenvalue weighted by atomic mass is 9.94. The quantitative estimate of drug-likeness (QED) is 0.174. The molecule has 0 aliphatic heterocycles. The van der Waals surface area contributed by atoms with Gasteiger partial charge in [0.2, 0.25) is 0 Å². The van der Waals surface area contributed by atoms with Crippen LogP contribution in [0.2, 0.25) is 0 Å². The Morgan fingerprint density at radius 3 is 1.37 bits per heavy atom. The Balaban J connectivity index is 1.35. The van der Waals surface area contributed by atoms with Crippen LogP contribution in [0.5, 0.6) is 0 Å². The molecule has 3 aromatic heterocycles. The molecule has 0 spiro atoms. The van der Waals surface area contributed by atoms with Gasteiger partial charge in [-0.3, -0.25) is 0 Å². The summed E-state index contributed by atoms with van der Waals surface area (Å²) in [6.45, 7) is 12.1. The lowest BCUT2D eigenvalue weighted by Crippen LogP contribution is -2.05. The molecule has 7 aromatic carbocycles. The third kappa shape index (κ3) is 6.22. The first-order valence-electron chi connectivity index (χ1n) is 20.0. The summed E-state index contributed by atoms with van der Waals surface area (Å²) in [5.41, 5.74) is 13.5. The molecule has 3 heterocycles. The molecular weight excluding hydrogens is 752 g/mol. The molecule has 8 heteroatoms. The molecule has 0 aliphatic rings. The molecule has 0 saturated carbocycles. The Hall–Kier alpha value is -7.06. The van der Waals surface area contributed by atoms with Gasteiger partial charge in [0.05, 0.1) is 39.0 Å². The topological polar surface area (TPSA) is 48.5 Å². The number of hydrogen-bond donors (Lipinski definition) is 0. The number of nitrogens with zero attached hydrogens (tertiary/aromatic N) is 5. The number of aryl methyl sites for hydroxylation is 6. The molecule has 0 atom stereocenters. The summed E-state index contributed by atoms with van der Waals surface area (Å²) < 4.78 is 47.0.